The standard InChI is InChI=1S/C19H24ClN3O2S/c1-3-19(4-2)14-22(10-11-26(19)25)16-12-21-23(18(24)17(16)20)13-15-8-6-5-7-9-15/h5-9,12H,3-4,10-11,13-14H2,1-2H3. The van der Waals surface area contributed by atoms with E-state index < -0.39 is 10.8 Å². The molecule has 2 heterocycles. The van der Waals surface area contributed by atoms with Crippen LogP contribution in [0.15, 0.2) is 41.3 Å². The first kappa shape index (κ1) is 19.1. The fourth-order valence-electron chi connectivity index (χ4n) is 3.46. The molecule has 1 atom stereocenters. The fourth-order valence-corrected chi connectivity index (χ4v) is 5.48. The summed E-state index contributed by atoms with van der Waals surface area (Å²) in [6.45, 7) is 5.79. The molecule has 2 aromatic rings. The van der Waals surface area contributed by atoms with Gasteiger partial charge in [-0.2, -0.15) is 5.10 Å². The van der Waals surface area contributed by atoms with Crippen molar-refractivity contribution in [1.82, 2.24) is 9.78 Å². The summed E-state index contributed by atoms with van der Waals surface area (Å²) in [4.78, 5) is 14.8. The van der Waals surface area contributed by atoms with E-state index in [0.717, 1.165) is 18.4 Å². The molecule has 140 valence electrons. The van der Waals surface area contributed by atoms with Crippen molar-refractivity contribution >= 4 is 28.1 Å². The number of aromatic nitrogens is 2. The highest BCUT2D eigenvalue weighted by Crippen LogP contribution is 2.32. The van der Waals surface area contributed by atoms with Gasteiger partial charge in [0, 0.05) is 29.6 Å². The molecule has 1 aliphatic rings. The summed E-state index contributed by atoms with van der Waals surface area (Å²) in [5.41, 5.74) is 1.34. The van der Waals surface area contributed by atoms with Gasteiger partial charge in [0.2, 0.25) is 0 Å². The summed E-state index contributed by atoms with van der Waals surface area (Å²) in [5, 5.41) is 4.52. The molecule has 0 aliphatic carbocycles. The number of benzene rings is 1. The normalized spacial score (nSPS) is 19.5. The minimum Gasteiger partial charge on any atom is -0.366 e. The minimum absolute atomic E-state index is 0.185. The van der Waals surface area contributed by atoms with Crippen LogP contribution in [0.1, 0.15) is 32.3 Å². The zero-order valence-corrected chi connectivity index (χ0v) is 16.7. The molecule has 0 spiro atoms. The van der Waals surface area contributed by atoms with E-state index in [0.29, 0.717) is 31.1 Å². The lowest BCUT2D eigenvalue weighted by Crippen LogP contribution is -2.53. The molecular formula is C19H24ClN3O2S. The largest absolute Gasteiger partial charge is 0.366 e. The van der Waals surface area contributed by atoms with Crippen molar-refractivity contribution in [3.8, 4) is 0 Å². The van der Waals surface area contributed by atoms with Crippen LogP contribution in [0.3, 0.4) is 0 Å². The molecule has 1 aromatic carbocycles. The smallest absolute Gasteiger partial charge is 0.287 e. The lowest BCUT2D eigenvalue weighted by Gasteiger charge is -2.42. The van der Waals surface area contributed by atoms with Crippen LogP contribution in [0.5, 0.6) is 0 Å². The summed E-state index contributed by atoms with van der Waals surface area (Å²) in [6, 6.07) is 9.70. The molecule has 26 heavy (non-hydrogen) atoms. The van der Waals surface area contributed by atoms with Crippen LogP contribution in [0.25, 0.3) is 0 Å². The Balaban J connectivity index is 1.89. The second-order valence-electron chi connectivity index (χ2n) is 6.65. The van der Waals surface area contributed by atoms with Crippen LogP contribution in [0, 0.1) is 0 Å². The summed E-state index contributed by atoms with van der Waals surface area (Å²) in [6.07, 6.45) is 3.34. The highest BCUT2D eigenvalue weighted by atomic mass is 35.5. The van der Waals surface area contributed by atoms with Crippen molar-refractivity contribution in [2.24, 2.45) is 0 Å². The van der Waals surface area contributed by atoms with Crippen LogP contribution in [0.2, 0.25) is 5.02 Å². The Morgan fingerprint density at radius 3 is 2.58 bits per heavy atom. The molecule has 5 nitrogen and oxygen atoms in total. The maximum atomic E-state index is 12.7. The van der Waals surface area contributed by atoms with Gasteiger partial charge in [0.15, 0.2) is 0 Å². The van der Waals surface area contributed by atoms with Gasteiger partial charge >= 0.3 is 0 Å². The molecule has 0 radical (unpaired) electrons. The number of halogens is 1. The molecular weight excluding hydrogens is 370 g/mol. The van der Waals surface area contributed by atoms with E-state index in [-0.39, 0.29) is 15.3 Å². The maximum Gasteiger partial charge on any atom is 0.287 e. The van der Waals surface area contributed by atoms with Crippen molar-refractivity contribution < 1.29 is 4.21 Å². The van der Waals surface area contributed by atoms with E-state index in [1.807, 2.05) is 30.3 Å². The van der Waals surface area contributed by atoms with Gasteiger partial charge in [-0.15, -0.1) is 0 Å². The van der Waals surface area contributed by atoms with E-state index in [9.17, 15) is 9.00 Å². The van der Waals surface area contributed by atoms with Crippen LogP contribution in [-0.4, -0.2) is 37.6 Å². The molecule has 1 unspecified atom stereocenters. The van der Waals surface area contributed by atoms with E-state index >= 15 is 0 Å². The monoisotopic (exact) mass is 393 g/mol. The van der Waals surface area contributed by atoms with Crippen molar-refractivity contribution in [2.45, 2.75) is 38.0 Å². The highest BCUT2D eigenvalue weighted by molar-refractivity contribution is 7.86. The van der Waals surface area contributed by atoms with Crippen LogP contribution in [-0.2, 0) is 17.3 Å². The van der Waals surface area contributed by atoms with Gasteiger partial charge < -0.3 is 4.90 Å². The van der Waals surface area contributed by atoms with E-state index in [2.05, 4.69) is 23.8 Å². The van der Waals surface area contributed by atoms with Crippen LogP contribution < -0.4 is 10.5 Å². The summed E-state index contributed by atoms with van der Waals surface area (Å²) in [5.74, 6) is 0.588. The first-order chi connectivity index (χ1) is 12.5. The number of rotatable bonds is 5. The molecule has 1 aromatic heterocycles. The van der Waals surface area contributed by atoms with E-state index in [1.165, 1.54) is 4.68 Å². The lowest BCUT2D eigenvalue weighted by atomic mass is 10.0. The Morgan fingerprint density at radius 1 is 1.23 bits per heavy atom. The van der Waals surface area contributed by atoms with Gasteiger partial charge in [-0.25, -0.2) is 4.68 Å². The van der Waals surface area contributed by atoms with Gasteiger partial charge in [0.25, 0.3) is 5.56 Å². The maximum absolute atomic E-state index is 12.7. The Labute approximate surface area is 161 Å². The molecule has 1 saturated heterocycles. The number of hydrogen-bond acceptors (Lipinski definition) is 4. The molecule has 1 fully saturated rings. The van der Waals surface area contributed by atoms with Crippen molar-refractivity contribution in [3.05, 3.63) is 57.5 Å². The van der Waals surface area contributed by atoms with Crippen LogP contribution in [0.4, 0.5) is 5.69 Å². The molecule has 0 amide bonds. The molecule has 0 bridgehead atoms. The molecule has 0 saturated carbocycles. The third kappa shape index (κ3) is 3.58. The first-order valence-corrected chi connectivity index (χ1v) is 10.6. The number of nitrogens with zero attached hydrogens (tertiary/aromatic N) is 3. The SMILES string of the molecule is CCC1(CC)CN(c2cnn(Cc3ccccc3)c(=O)c2Cl)CCS1=O. The minimum atomic E-state index is -0.863. The summed E-state index contributed by atoms with van der Waals surface area (Å²) < 4.78 is 13.7. The third-order valence-electron chi connectivity index (χ3n) is 5.28. The van der Waals surface area contributed by atoms with Gasteiger partial charge in [-0.3, -0.25) is 9.00 Å². The Morgan fingerprint density at radius 2 is 1.92 bits per heavy atom. The van der Waals surface area contributed by atoms with E-state index in [4.69, 9.17) is 11.6 Å². The predicted molar refractivity (Wildman–Crippen MR) is 108 cm³/mol. The zero-order valence-electron chi connectivity index (χ0n) is 15.2. The Hall–Kier alpha value is -1.66. The quantitative estimate of drug-likeness (QED) is 0.783. The molecule has 0 N–H and O–H groups in total. The van der Waals surface area contributed by atoms with E-state index in [1.54, 1.807) is 6.20 Å². The van der Waals surface area contributed by atoms with Gasteiger partial charge in [-0.1, -0.05) is 55.8 Å². The topological polar surface area (TPSA) is 55.2 Å². The van der Waals surface area contributed by atoms with Gasteiger partial charge in [-0.05, 0) is 18.4 Å². The number of hydrogen-bond donors (Lipinski definition) is 0. The zero-order chi connectivity index (χ0) is 18.7. The second kappa shape index (κ2) is 7.92. The van der Waals surface area contributed by atoms with Crippen molar-refractivity contribution in [1.29, 1.82) is 0 Å². The summed E-state index contributed by atoms with van der Waals surface area (Å²) in [7, 11) is -0.863. The van der Waals surface area contributed by atoms with Crippen molar-refractivity contribution in [3.63, 3.8) is 0 Å². The fraction of sp³-hybridized carbons (Fsp3) is 0.474. The first-order valence-electron chi connectivity index (χ1n) is 8.93. The molecule has 1 aliphatic heterocycles. The number of anilines is 1. The Bertz CT molecular complexity index is 850. The summed E-state index contributed by atoms with van der Waals surface area (Å²) >= 11 is 6.42. The molecule has 7 heteroatoms. The van der Waals surface area contributed by atoms with Gasteiger partial charge in [0.1, 0.15) is 5.02 Å². The lowest BCUT2D eigenvalue weighted by molar-refractivity contribution is 0.495. The van der Waals surface area contributed by atoms with Crippen LogP contribution >= 0.6 is 11.6 Å². The predicted octanol–water partition coefficient (Wildman–Crippen LogP) is 3.07. The third-order valence-corrected chi connectivity index (χ3v) is 7.86. The second-order valence-corrected chi connectivity index (χ2v) is 9.00. The average molecular weight is 394 g/mol. The molecule has 3 rings (SSSR count). The van der Waals surface area contributed by atoms with Crippen molar-refractivity contribution in [2.75, 3.05) is 23.7 Å². The van der Waals surface area contributed by atoms with Gasteiger partial charge in [0.05, 0.1) is 23.2 Å². The Kier molecular flexibility index (Phi) is 5.82. The highest BCUT2D eigenvalue weighted by Gasteiger charge is 2.39. The average Bonchev–Trinajstić information content (AvgIpc) is 2.67.